The fourth-order valence-electron chi connectivity index (χ4n) is 9.00. The number of allylic oxidation sites excluding steroid dienone is 12. The fourth-order valence-corrected chi connectivity index (χ4v) is 9.00. The SMILES string of the molecule is CC/C=C\C/C=C\C/C=C\C/C=C\C/C=C\CCCCCCCCCC(=O)OCC(COC(=O)CCCCCCC/C=C\CCCCCCC)OC(=O)CCCCCCCCCCCCCCCCCCCC. The normalized spacial score (nSPS) is 12.5. The Hall–Kier alpha value is -3.15. The van der Waals surface area contributed by atoms with Crippen LogP contribution >= 0.6 is 0 Å². The Bertz CT molecular complexity index is 1360. The molecule has 0 fully saturated rings. The number of carbonyl (C=O) groups excluding carboxylic acids is 3. The smallest absolute Gasteiger partial charge is 0.306 e. The summed E-state index contributed by atoms with van der Waals surface area (Å²) >= 11 is 0. The minimum Gasteiger partial charge on any atom is -0.462 e. The van der Waals surface area contributed by atoms with Crippen LogP contribution < -0.4 is 0 Å². The molecule has 0 aliphatic carbocycles. The zero-order chi connectivity index (χ0) is 52.9. The minimum atomic E-state index is -0.782. The molecule has 0 bridgehead atoms. The second-order valence-corrected chi connectivity index (χ2v) is 20.9. The van der Waals surface area contributed by atoms with Gasteiger partial charge in [0.15, 0.2) is 6.10 Å². The number of carbonyl (C=O) groups is 3. The fraction of sp³-hybridized carbons (Fsp3) is 0.776. The van der Waals surface area contributed by atoms with Gasteiger partial charge >= 0.3 is 17.9 Å². The van der Waals surface area contributed by atoms with Gasteiger partial charge in [-0.05, 0) is 89.9 Å². The number of unbranched alkanes of at least 4 members (excludes halogenated alkanes) is 34. The summed E-state index contributed by atoms with van der Waals surface area (Å²) in [6, 6.07) is 0. The van der Waals surface area contributed by atoms with Crippen LogP contribution in [0.2, 0.25) is 0 Å². The van der Waals surface area contributed by atoms with Crippen LogP contribution in [0, 0.1) is 0 Å². The van der Waals surface area contributed by atoms with Gasteiger partial charge in [0.25, 0.3) is 0 Å². The minimum absolute atomic E-state index is 0.0804. The first-order valence-electron chi connectivity index (χ1n) is 31.4. The summed E-state index contributed by atoms with van der Waals surface area (Å²) in [7, 11) is 0. The van der Waals surface area contributed by atoms with Gasteiger partial charge in [-0.1, -0.05) is 280 Å². The van der Waals surface area contributed by atoms with Crippen molar-refractivity contribution in [3.63, 3.8) is 0 Å². The maximum Gasteiger partial charge on any atom is 0.306 e. The van der Waals surface area contributed by atoms with Crippen LogP contribution in [0.1, 0.15) is 316 Å². The van der Waals surface area contributed by atoms with Crippen molar-refractivity contribution in [2.75, 3.05) is 13.2 Å². The third-order valence-corrected chi connectivity index (χ3v) is 13.7. The van der Waals surface area contributed by atoms with Crippen molar-refractivity contribution in [2.45, 2.75) is 322 Å². The van der Waals surface area contributed by atoms with Crippen molar-refractivity contribution in [1.82, 2.24) is 0 Å². The van der Waals surface area contributed by atoms with Gasteiger partial charge in [-0.2, -0.15) is 0 Å². The van der Waals surface area contributed by atoms with Gasteiger partial charge in [0.2, 0.25) is 0 Å². The molecular weight excluding hydrogens is 901 g/mol. The summed E-state index contributed by atoms with van der Waals surface area (Å²) in [6.45, 7) is 6.54. The van der Waals surface area contributed by atoms with Crippen molar-refractivity contribution in [3.05, 3.63) is 72.9 Å². The standard InChI is InChI=1S/C67H118O6/c1-4-7-10-13-16-19-22-25-28-30-32-33-34-35-36-38-39-42-45-48-51-54-57-60-66(69)72-63-64(62-71-65(68)59-56-53-50-47-44-41-27-24-21-18-15-12-9-6-3)73-67(70)61-58-55-52-49-46-43-40-37-31-29-26-23-20-17-14-11-8-5-2/h7,10,16,19,24-25,27-28,32-33,35-36,64H,4-6,8-9,11-15,17-18,20-23,26,29-31,34,37-63H2,1-3H3/b10-7-,19-16-,27-24-,28-25-,33-32-,36-35-. The number of ether oxygens (including phenoxy) is 3. The van der Waals surface area contributed by atoms with E-state index in [9.17, 15) is 14.4 Å². The van der Waals surface area contributed by atoms with Gasteiger partial charge in [0, 0.05) is 19.3 Å². The lowest BCUT2D eigenvalue weighted by molar-refractivity contribution is -0.167. The highest BCUT2D eigenvalue weighted by atomic mass is 16.6. The first kappa shape index (κ1) is 69.8. The first-order valence-corrected chi connectivity index (χ1v) is 31.4. The molecule has 0 amide bonds. The molecule has 73 heavy (non-hydrogen) atoms. The molecule has 1 atom stereocenters. The van der Waals surface area contributed by atoms with Crippen LogP contribution in [0.15, 0.2) is 72.9 Å². The van der Waals surface area contributed by atoms with E-state index < -0.39 is 6.10 Å². The number of esters is 3. The maximum absolute atomic E-state index is 12.9. The van der Waals surface area contributed by atoms with Crippen molar-refractivity contribution in [3.8, 4) is 0 Å². The maximum atomic E-state index is 12.9. The third-order valence-electron chi connectivity index (χ3n) is 13.7. The zero-order valence-corrected chi connectivity index (χ0v) is 48.4. The molecule has 6 nitrogen and oxygen atoms in total. The second-order valence-electron chi connectivity index (χ2n) is 20.9. The van der Waals surface area contributed by atoms with E-state index in [2.05, 4.69) is 93.7 Å². The van der Waals surface area contributed by atoms with E-state index in [1.165, 1.54) is 173 Å². The summed E-state index contributed by atoms with van der Waals surface area (Å²) in [5.74, 6) is -0.883. The van der Waals surface area contributed by atoms with E-state index in [1.807, 2.05) is 0 Å². The van der Waals surface area contributed by atoms with Crippen molar-refractivity contribution < 1.29 is 28.6 Å². The second kappa shape index (κ2) is 61.4. The molecule has 422 valence electrons. The molecule has 0 aromatic carbocycles. The van der Waals surface area contributed by atoms with E-state index in [-0.39, 0.29) is 31.1 Å². The molecule has 0 saturated heterocycles. The Morgan fingerprint density at radius 1 is 0.288 bits per heavy atom. The van der Waals surface area contributed by atoms with Gasteiger partial charge < -0.3 is 14.2 Å². The molecule has 6 heteroatoms. The van der Waals surface area contributed by atoms with Crippen LogP contribution in [0.5, 0.6) is 0 Å². The van der Waals surface area contributed by atoms with Crippen LogP contribution in [-0.2, 0) is 28.6 Å². The highest BCUT2D eigenvalue weighted by Crippen LogP contribution is 2.17. The van der Waals surface area contributed by atoms with Gasteiger partial charge in [-0.25, -0.2) is 0 Å². The van der Waals surface area contributed by atoms with Gasteiger partial charge in [0.1, 0.15) is 13.2 Å². The van der Waals surface area contributed by atoms with Crippen LogP contribution in [0.3, 0.4) is 0 Å². The predicted molar refractivity (Wildman–Crippen MR) is 316 cm³/mol. The Balaban J connectivity index is 4.36. The molecule has 0 heterocycles. The molecule has 0 aromatic rings. The summed E-state index contributed by atoms with van der Waals surface area (Å²) in [4.78, 5) is 38.3. The molecule has 0 spiro atoms. The highest BCUT2D eigenvalue weighted by molar-refractivity contribution is 5.71. The lowest BCUT2D eigenvalue weighted by atomic mass is 10.0. The van der Waals surface area contributed by atoms with E-state index in [4.69, 9.17) is 14.2 Å². The lowest BCUT2D eigenvalue weighted by Crippen LogP contribution is -2.30. The summed E-state index contributed by atoms with van der Waals surface area (Å²) in [6.07, 6.45) is 79.0. The molecule has 0 aromatic heterocycles. The zero-order valence-electron chi connectivity index (χ0n) is 48.4. The molecule has 0 radical (unpaired) electrons. The van der Waals surface area contributed by atoms with E-state index in [0.29, 0.717) is 19.3 Å². The molecule has 0 aliphatic rings. The molecule has 0 aliphatic heterocycles. The average molecular weight is 1020 g/mol. The predicted octanol–water partition coefficient (Wildman–Crippen LogP) is 21.3. The van der Waals surface area contributed by atoms with Crippen LogP contribution in [0.25, 0.3) is 0 Å². The van der Waals surface area contributed by atoms with Crippen molar-refractivity contribution in [1.29, 1.82) is 0 Å². The van der Waals surface area contributed by atoms with Crippen LogP contribution in [0.4, 0.5) is 0 Å². The van der Waals surface area contributed by atoms with Crippen molar-refractivity contribution >= 4 is 17.9 Å². The number of rotatable bonds is 57. The summed E-state index contributed by atoms with van der Waals surface area (Å²) in [5, 5.41) is 0. The van der Waals surface area contributed by atoms with Crippen molar-refractivity contribution in [2.24, 2.45) is 0 Å². The van der Waals surface area contributed by atoms with Gasteiger partial charge in [-0.3, -0.25) is 14.4 Å². The molecule has 1 unspecified atom stereocenters. The number of hydrogen-bond acceptors (Lipinski definition) is 6. The quantitative estimate of drug-likeness (QED) is 0.0261. The van der Waals surface area contributed by atoms with Gasteiger partial charge in [0.05, 0.1) is 0 Å². The van der Waals surface area contributed by atoms with E-state index >= 15 is 0 Å². The van der Waals surface area contributed by atoms with Crippen LogP contribution in [-0.4, -0.2) is 37.2 Å². The Morgan fingerprint density at radius 3 is 0.849 bits per heavy atom. The first-order chi connectivity index (χ1) is 36.0. The molecule has 0 N–H and O–H groups in total. The van der Waals surface area contributed by atoms with E-state index in [0.717, 1.165) is 103 Å². The average Bonchev–Trinajstić information content (AvgIpc) is 3.39. The Kier molecular flexibility index (Phi) is 58.7. The third kappa shape index (κ3) is 59.6. The topological polar surface area (TPSA) is 78.9 Å². The highest BCUT2D eigenvalue weighted by Gasteiger charge is 2.19. The molecule has 0 rings (SSSR count). The monoisotopic (exact) mass is 1020 g/mol. The Labute approximate surface area is 453 Å². The number of hydrogen-bond donors (Lipinski definition) is 0. The van der Waals surface area contributed by atoms with E-state index in [1.54, 1.807) is 0 Å². The molecular formula is C67H118O6. The van der Waals surface area contributed by atoms with Gasteiger partial charge in [-0.15, -0.1) is 0 Å². The largest absolute Gasteiger partial charge is 0.462 e. The lowest BCUT2D eigenvalue weighted by Gasteiger charge is -2.18. The Morgan fingerprint density at radius 2 is 0.534 bits per heavy atom. The summed E-state index contributed by atoms with van der Waals surface area (Å²) in [5.41, 5.74) is 0. The molecule has 0 saturated carbocycles. The summed E-state index contributed by atoms with van der Waals surface area (Å²) < 4.78 is 16.9.